The molecule has 0 bridgehead atoms. The van der Waals surface area contributed by atoms with Gasteiger partial charge >= 0.3 is 0 Å². The zero-order valence-electron chi connectivity index (χ0n) is 14.5. The molecular formula is C18H26N6O. The van der Waals surface area contributed by atoms with Gasteiger partial charge in [0, 0.05) is 30.1 Å². The van der Waals surface area contributed by atoms with E-state index in [1.54, 1.807) is 10.9 Å². The average Bonchev–Trinajstić information content (AvgIpc) is 3.35. The topological polar surface area (TPSA) is 87.6 Å². The molecule has 134 valence electrons. The number of hydrogen-bond donors (Lipinski definition) is 3. The summed E-state index contributed by atoms with van der Waals surface area (Å²) in [6.45, 7) is 1.61. The Morgan fingerprint density at radius 1 is 1.24 bits per heavy atom. The first-order chi connectivity index (χ1) is 12.3. The maximum Gasteiger partial charge on any atom is 0.253 e. The van der Waals surface area contributed by atoms with Crippen molar-refractivity contribution in [2.24, 2.45) is 0 Å². The number of nitrogens with one attached hydrogen (secondary N) is 3. The average molecular weight is 342 g/mol. The fraction of sp³-hybridized carbons (Fsp3) is 0.611. The third-order valence-corrected chi connectivity index (χ3v) is 5.68. The van der Waals surface area contributed by atoms with Gasteiger partial charge in [0.15, 0.2) is 5.82 Å². The van der Waals surface area contributed by atoms with Crippen molar-refractivity contribution in [1.82, 2.24) is 25.3 Å². The van der Waals surface area contributed by atoms with Crippen LogP contribution in [0.25, 0.3) is 0 Å². The molecule has 25 heavy (non-hydrogen) atoms. The number of nitrogens with zero attached hydrogens (tertiary/aromatic N) is 3. The summed E-state index contributed by atoms with van der Waals surface area (Å²) < 4.78 is 1.80. The van der Waals surface area contributed by atoms with Gasteiger partial charge in [0.05, 0.1) is 0 Å². The standard InChI is InChI=1S/C18H26N6O/c25-17(18(7-10-19-11-8-18)24-12-4-9-20-24)21-16-13-15(22-23-16)14-5-2-1-3-6-14/h4,9,12-14,19H,1-3,5-8,10-11H2,(H2,21,22,23,25). The van der Waals surface area contributed by atoms with Crippen molar-refractivity contribution >= 4 is 11.7 Å². The summed E-state index contributed by atoms with van der Waals surface area (Å²) in [6.07, 6.45) is 11.4. The summed E-state index contributed by atoms with van der Waals surface area (Å²) in [7, 11) is 0. The third-order valence-electron chi connectivity index (χ3n) is 5.68. The lowest BCUT2D eigenvalue weighted by atomic mass is 9.87. The minimum absolute atomic E-state index is 0.0283. The second-order valence-electron chi connectivity index (χ2n) is 7.23. The Balaban J connectivity index is 1.51. The van der Waals surface area contributed by atoms with Crippen LogP contribution in [0.2, 0.25) is 0 Å². The molecule has 0 aromatic carbocycles. The van der Waals surface area contributed by atoms with Gasteiger partial charge in [0.25, 0.3) is 5.91 Å². The largest absolute Gasteiger partial charge is 0.317 e. The van der Waals surface area contributed by atoms with E-state index in [1.165, 1.54) is 32.1 Å². The number of aromatic nitrogens is 4. The first-order valence-corrected chi connectivity index (χ1v) is 9.35. The predicted octanol–water partition coefficient (Wildman–Crippen LogP) is 2.37. The van der Waals surface area contributed by atoms with E-state index in [1.807, 2.05) is 18.3 Å². The van der Waals surface area contributed by atoms with E-state index in [-0.39, 0.29) is 5.91 Å². The van der Waals surface area contributed by atoms with Crippen LogP contribution in [0.1, 0.15) is 56.6 Å². The van der Waals surface area contributed by atoms with Gasteiger partial charge in [-0.05, 0) is 44.8 Å². The highest BCUT2D eigenvalue weighted by Crippen LogP contribution is 2.33. The highest BCUT2D eigenvalue weighted by atomic mass is 16.2. The van der Waals surface area contributed by atoms with Crippen LogP contribution in [-0.4, -0.2) is 39.0 Å². The van der Waals surface area contributed by atoms with E-state index >= 15 is 0 Å². The Morgan fingerprint density at radius 2 is 2.04 bits per heavy atom. The number of amides is 1. The van der Waals surface area contributed by atoms with Crippen LogP contribution < -0.4 is 10.6 Å². The van der Waals surface area contributed by atoms with Crippen LogP contribution in [0.15, 0.2) is 24.5 Å². The number of carbonyl (C=O) groups is 1. The summed E-state index contributed by atoms with van der Waals surface area (Å²) in [5.74, 6) is 1.14. The lowest BCUT2D eigenvalue weighted by Gasteiger charge is -2.36. The molecule has 1 saturated heterocycles. The lowest BCUT2D eigenvalue weighted by Crippen LogP contribution is -2.52. The minimum Gasteiger partial charge on any atom is -0.317 e. The molecule has 2 aliphatic rings. The fourth-order valence-electron chi connectivity index (χ4n) is 4.18. The molecular weight excluding hydrogens is 316 g/mol. The van der Waals surface area contributed by atoms with Crippen molar-refractivity contribution in [3.8, 4) is 0 Å². The molecule has 3 N–H and O–H groups in total. The second-order valence-corrected chi connectivity index (χ2v) is 7.23. The Labute approximate surface area is 147 Å². The molecule has 2 aromatic heterocycles. The molecule has 1 aliphatic heterocycles. The fourth-order valence-corrected chi connectivity index (χ4v) is 4.18. The van der Waals surface area contributed by atoms with Gasteiger partial charge in [-0.3, -0.25) is 14.6 Å². The maximum absolute atomic E-state index is 13.1. The van der Waals surface area contributed by atoms with Gasteiger partial charge in [0.2, 0.25) is 0 Å². The number of aromatic amines is 1. The molecule has 1 aliphatic carbocycles. The summed E-state index contributed by atoms with van der Waals surface area (Å²) in [6, 6.07) is 3.87. The number of anilines is 1. The van der Waals surface area contributed by atoms with E-state index < -0.39 is 5.54 Å². The van der Waals surface area contributed by atoms with Gasteiger partial charge in [-0.1, -0.05) is 19.3 Å². The Hall–Kier alpha value is -2.15. The Morgan fingerprint density at radius 3 is 2.76 bits per heavy atom. The van der Waals surface area contributed by atoms with Crippen LogP contribution in [-0.2, 0) is 10.3 Å². The van der Waals surface area contributed by atoms with Gasteiger partial charge in [-0.25, -0.2) is 0 Å². The summed E-state index contributed by atoms with van der Waals surface area (Å²) in [5.41, 5.74) is 0.507. The number of piperidine rings is 1. The van der Waals surface area contributed by atoms with Gasteiger partial charge in [-0.15, -0.1) is 0 Å². The van der Waals surface area contributed by atoms with Crippen molar-refractivity contribution in [3.05, 3.63) is 30.2 Å². The van der Waals surface area contributed by atoms with E-state index in [9.17, 15) is 4.79 Å². The molecule has 3 heterocycles. The molecule has 2 fully saturated rings. The summed E-state index contributed by atoms with van der Waals surface area (Å²) >= 11 is 0. The molecule has 0 unspecified atom stereocenters. The number of hydrogen-bond acceptors (Lipinski definition) is 4. The molecule has 7 nitrogen and oxygen atoms in total. The minimum atomic E-state index is -0.640. The van der Waals surface area contributed by atoms with E-state index in [0.717, 1.165) is 31.6 Å². The monoisotopic (exact) mass is 342 g/mol. The quantitative estimate of drug-likeness (QED) is 0.796. The van der Waals surface area contributed by atoms with Gasteiger partial charge < -0.3 is 10.6 Å². The van der Waals surface area contributed by atoms with Crippen molar-refractivity contribution in [3.63, 3.8) is 0 Å². The zero-order valence-corrected chi connectivity index (χ0v) is 14.5. The molecule has 4 rings (SSSR count). The Kier molecular flexibility index (Phi) is 4.57. The van der Waals surface area contributed by atoms with E-state index in [0.29, 0.717) is 11.7 Å². The first-order valence-electron chi connectivity index (χ1n) is 9.35. The summed E-state index contributed by atoms with van der Waals surface area (Å²) in [5, 5.41) is 18.2. The number of rotatable bonds is 4. The molecule has 0 atom stereocenters. The Bertz CT molecular complexity index is 695. The number of carbonyl (C=O) groups excluding carboxylic acids is 1. The molecule has 2 aromatic rings. The van der Waals surface area contributed by atoms with E-state index in [4.69, 9.17) is 0 Å². The molecule has 0 spiro atoms. The van der Waals surface area contributed by atoms with E-state index in [2.05, 4.69) is 25.9 Å². The maximum atomic E-state index is 13.1. The molecule has 0 radical (unpaired) electrons. The van der Waals surface area contributed by atoms with Crippen LogP contribution in [0, 0.1) is 0 Å². The molecule has 7 heteroatoms. The van der Waals surface area contributed by atoms with Crippen LogP contribution >= 0.6 is 0 Å². The molecule has 1 saturated carbocycles. The predicted molar refractivity (Wildman–Crippen MR) is 95.3 cm³/mol. The highest BCUT2D eigenvalue weighted by Gasteiger charge is 2.42. The van der Waals surface area contributed by atoms with Crippen molar-refractivity contribution in [2.75, 3.05) is 18.4 Å². The normalized spacial score (nSPS) is 21.1. The highest BCUT2D eigenvalue weighted by molar-refractivity contribution is 5.96. The van der Waals surface area contributed by atoms with Crippen LogP contribution in [0.4, 0.5) is 5.82 Å². The molecule has 1 amide bonds. The SMILES string of the molecule is O=C(Nc1cc(C2CCCCC2)[nH]n1)C1(n2cccn2)CCNCC1. The second kappa shape index (κ2) is 7.00. The van der Waals surface area contributed by atoms with Crippen molar-refractivity contribution in [1.29, 1.82) is 0 Å². The van der Waals surface area contributed by atoms with Gasteiger partial charge in [-0.2, -0.15) is 10.2 Å². The van der Waals surface area contributed by atoms with Gasteiger partial charge in [0.1, 0.15) is 5.54 Å². The number of H-pyrrole nitrogens is 1. The summed E-state index contributed by atoms with van der Waals surface area (Å²) in [4.78, 5) is 13.1. The third kappa shape index (κ3) is 3.20. The van der Waals surface area contributed by atoms with Crippen molar-refractivity contribution < 1.29 is 4.79 Å². The van der Waals surface area contributed by atoms with Crippen LogP contribution in [0.5, 0.6) is 0 Å². The lowest BCUT2D eigenvalue weighted by molar-refractivity contribution is -0.126. The first kappa shape index (κ1) is 16.3. The van der Waals surface area contributed by atoms with Crippen molar-refractivity contribution in [2.45, 2.75) is 56.4 Å². The zero-order chi connectivity index (χ0) is 17.1. The van der Waals surface area contributed by atoms with Crippen LogP contribution in [0.3, 0.4) is 0 Å². The smallest absolute Gasteiger partial charge is 0.253 e.